The summed E-state index contributed by atoms with van der Waals surface area (Å²) in [6.07, 6.45) is 0.814. The van der Waals surface area contributed by atoms with E-state index < -0.39 is 11.9 Å². The van der Waals surface area contributed by atoms with Gasteiger partial charge in [0.1, 0.15) is 0 Å². The number of carboxylic acids is 1. The fraction of sp³-hybridized carbons (Fsp3) is 0. The summed E-state index contributed by atoms with van der Waals surface area (Å²) in [6.45, 7) is 0. The molecule has 0 aliphatic heterocycles. The number of hydrogen-bond donors (Lipinski definition) is 2. The highest BCUT2D eigenvalue weighted by atomic mass is 32.1. The van der Waals surface area contributed by atoms with Crippen molar-refractivity contribution in [2.75, 3.05) is 0 Å². The highest BCUT2D eigenvalue weighted by molar-refractivity contribution is 7.11. The maximum Gasteiger partial charge on any atom is 0.329 e. The van der Waals surface area contributed by atoms with Gasteiger partial charge in [-0.2, -0.15) is 0 Å². The van der Waals surface area contributed by atoms with Crippen molar-refractivity contribution in [1.29, 1.82) is 0 Å². The molecule has 0 fully saturated rings. The number of carboxylic acid groups (broad SMARTS) is 1. The first-order chi connectivity index (χ1) is 6.11. The molecule has 1 aromatic rings. The molecule has 0 saturated heterocycles. The summed E-state index contributed by atoms with van der Waals surface area (Å²) >= 11 is 1.27. The predicted octanol–water partition coefficient (Wildman–Crippen LogP) is 0.701. The number of primary amides is 1. The molecule has 4 nitrogen and oxygen atoms in total. The second kappa shape index (κ2) is 3.86. The van der Waals surface area contributed by atoms with E-state index in [0.29, 0.717) is 4.88 Å². The van der Waals surface area contributed by atoms with Gasteiger partial charge in [-0.3, -0.25) is 4.79 Å². The van der Waals surface area contributed by atoms with E-state index in [4.69, 9.17) is 10.8 Å². The van der Waals surface area contributed by atoms with E-state index in [1.165, 1.54) is 11.3 Å². The largest absolute Gasteiger partial charge is 0.478 e. The van der Waals surface area contributed by atoms with Crippen molar-refractivity contribution >= 4 is 28.8 Å². The van der Waals surface area contributed by atoms with Crippen molar-refractivity contribution in [3.05, 3.63) is 28.5 Å². The van der Waals surface area contributed by atoms with E-state index in [0.717, 1.165) is 6.08 Å². The number of rotatable bonds is 3. The van der Waals surface area contributed by atoms with E-state index in [1.807, 2.05) is 0 Å². The van der Waals surface area contributed by atoms with Gasteiger partial charge in [0.25, 0.3) is 0 Å². The zero-order valence-corrected chi connectivity index (χ0v) is 7.38. The van der Waals surface area contributed by atoms with Crippen molar-refractivity contribution in [1.82, 2.24) is 0 Å². The average Bonchev–Trinajstić information content (AvgIpc) is 2.50. The standard InChI is InChI=1S/C8H7NO3S/c9-8(12)5(4-7(10)11)6-2-1-3-13-6/h1-4H,(H2,9,12)(H,10,11)/b5-4-. The predicted molar refractivity (Wildman–Crippen MR) is 49.1 cm³/mol. The Hall–Kier alpha value is -1.62. The molecule has 0 spiro atoms. The minimum Gasteiger partial charge on any atom is -0.478 e. The van der Waals surface area contributed by atoms with E-state index in [-0.39, 0.29) is 5.57 Å². The fourth-order valence-corrected chi connectivity index (χ4v) is 1.57. The Balaban J connectivity index is 3.08. The normalized spacial score (nSPS) is 11.2. The summed E-state index contributed by atoms with van der Waals surface area (Å²) < 4.78 is 0. The van der Waals surface area contributed by atoms with Crippen molar-refractivity contribution < 1.29 is 14.7 Å². The Bertz CT molecular complexity index is 353. The molecule has 0 bridgehead atoms. The van der Waals surface area contributed by atoms with Crippen molar-refractivity contribution in [2.24, 2.45) is 5.73 Å². The van der Waals surface area contributed by atoms with Crippen LogP contribution >= 0.6 is 11.3 Å². The molecule has 0 aliphatic carbocycles. The van der Waals surface area contributed by atoms with Gasteiger partial charge >= 0.3 is 5.97 Å². The SMILES string of the molecule is NC(=O)/C(=C\C(=O)O)c1cccs1. The molecule has 1 rings (SSSR count). The zero-order valence-electron chi connectivity index (χ0n) is 6.56. The van der Waals surface area contributed by atoms with Crippen LogP contribution in [0.2, 0.25) is 0 Å². The van der Waals surface area contributed by atoms with Gasteiger partial charge in [0.05, 0.1) is 5.57 Å². The van der Waals surface area contributed by atoms with E-state index in [2.05, 4.69) is 0 Å². The van der Waals surface area contributed by atoms with Gasteiger partial charge in [-0.05, 0) is 11.4 Å². The number of carbonyl (C=O) groups is 2. The van der Waals surface area contributed by atoms with Gasteiger partial charge in [-0.1, -0.05) is 6.07 Å². The highest BCUT2D eigenvalue weighted by Gasteiger charge is 2.10. The monoisotopic (exact) mass is 197 g/mol. The zero-order chi connectivity index (χ0) is 9.84. The molecule has 13 heavy (non-hydrogen) atoms. The van der Waals surface area contributed by atoms with Gasteiger partial charge in [0, 0.05) is 11.0 Å². The second-order valence-electron chi connectivity index (χ2n) is 2.24. The van der Waals surface area contributed by atoms with Gasteiger partial charge in [0.2, 0.25) is 5.91 Å². The van der Waals surface area contributed by atoms with Crippen LogP contribution < -0.4 is 5.73 Å². The average molecular weight is 197 g/mol. The Labute approximate surface area is 78.3 Å². The van der Waals surface area contributed by atoms with Gasteiger partial charge in [0.15, 0.2) is 0 Å². The molecule has 0 aliphatic rings. The molecule has 3 N–H and O–H groups in total. The Morgan fingerprint density at radius 1 is 1.54 bits per heavy atom. The number of aliphatic carboxylic acids is 1. The third kappa shape index (κ3) is 2.41. The fourth-order valence-electron chi connectivity index (χ4n) is 0.819. The van der Waals surface area contributed by atoms with Crippen molar-refractivity contribution in [3.8, 4) is 0 Å². The Morgan fingerprint density at radius 2 is 2.23 bits per heavy atom. The maximum absolute atomic E-state index is 10.8. The van der Waals surface area contributed by atoms with E-state index in [9.17, 15) is 9.59 Å². The summed E-state index contributed by atoms with van der Waals surface area (Å²) in [4.78, 5) is 21.7. The van der Waals surface area contributed by atoms with Crippen LogP contribution in [-0.2, 0) is 9.59 Å². The molecule has 1 heterocycles. The van der Waals surface area contributed by atoms with E-state index in [1.54, 1.807) is 17.5 Å². The van der Waals surface area contributed by atoms with Crippen LogP contribution in [0.5, 0.6) is 0 Å². The lowest BCUT2D eigenvalue weighted by atomic mass is 10.2. The molecule has 0 radical (unpaired) electrons. The van der Waals surface area contributed by atoms with Crippen LogP contribution in [0.3, 0.4) is 0 Å². The third-order valence-corrected chi connectivity index (χ3v) is 2.22. The smallest absolute Gasteiger partial charge is 0.329 e. The maximum atomic E-state index is 10.8. The van der Waals surface area contributed by atoms with Crippen LogP contribution in [-0.4, -0.2) is 17.0 Å². The Kier molecular flexibility index (Phi) is 2.81. The highest BCUT2D eigenvalue weighted by Crippen LogP contribution is 2.19. The molecule has 1 amide bonds. The van der Waals surface area contributed by atoms with Crippen LogP contribution in [0.25, 0.3) is 5.57 Å². The summed E-state index contributed by atoms with van der Waals surface area (Å²) in [5.74, 6) is -1.91. The summed E-state index contributed by atoms with van der Waals surface area (Å²) in [6, 6.07) is 3.36. The number of carbonyl (C=O) groups excluding carboxylic acids is 1. The van der Waals surface area contributed by atoms with Gasteiger partial charge in [-0.15, -0.1) is 11.3 Å². The minimum absolute atomic E-state index is 0.0301. The molecule has 1 aromatic heterocycles. The second-order valence-corrected chi connectivity index (χ2v) is 3.19. The summed E-state index contributed by atoms with van der Waals surface area (Å²) in [5, 5.41) is 10.2. The molecule has 5 heteroatoms. The molecule has 0 atom stereocenters. The lowest BCUT2D eigenvalue weighted by Crippen LogP contribution is -2.13. The molecular formula is C8H7NO3S. The van der Waals surface area contributed by atoms with Crippen molar-refractivity contribution in [2.45, 2.75) is 0 Å². The topological polar surface area (TPSA) is 80.4 Å². The first kappa shape index (κ1) is 9.47. The summed E-state index contributed by atoms with van der Waals surface area (Å²) in [5.41, 5.74) is 5.04. The molecule has 0 saturated carbocycles. The number of amides is 1. The molecule has 68 valence electrons. The number of thiophene rings is 1. The van der Waals surface area contributed by atoms with Crippen LogP contribution in [0.1, 0.15) is 4.88 Å². The minimum atomic E-state index is -1.18. The van der Waals surface area contributed by atoms with E-state index >= 15 is 0 Å². The van der Waals surface area contributed by atoms with Gasteiger partial charge in [-0.25, -0.2) is 4.79 Å². The van der Waals surface area contributed by atoms with Crippen molar-refractivity contribution in [3.63, 3.8) is 0 Å². The lowest BCUT2D eigenvalue weighted by molar-refractivity contribution is -0.131. The van der Waals surface area contributed by atoms with Crippen LogP contribution in [0.4, 0.5) is 0 Å². The lowest BCUT2D eigenvalue weighted by Gasteiger charge is -1.96. The summed E-state index contributed by atoms with van der Waals surface area (Å²) in [7, 11) is 0. The molecule has 0 unspecified atom stereocenters. The van der Waals surface area contributed by atoms with Gasteiger partial charge < -0.3 is 10.8 Å². The third-order valence-electron chi connectivity index (χ3n) is 1.32. The number of nitrogens with two attached hydrogens (primary N) is 1. The quantitative estimate of drug-likeness (QED) is 0.700. The first-order valence-electron chi connectivity index (χ1n) is 3.39. The van der Waals surface area contributed by atoms with Crippen LogP contribution in [0.15, 0.2) is 23.6 Å². The first-order valence-corrected chi connectivity index (χ1v) is 4.27. The number of hydrogen-bond acceptors (Lipinski definition) is 3. The molecule has 0 aromatic carbocycles. The Morgan fingerprint density at radius 3 is 2.62 bits per heavy atom. The van der Waals surface area contributed by atoms with Crippen LogP contribution in [0, 0.1) is 0 Å². The molecular weight excluding hydrogens is 190 g/mol.